The smallest absolute Gasteiger partial charge is 0.326 e. The second-order valence-electron chi connectivity index (χ2n) is 5.50. The van der Waals surface area contributed by atoms with E-state index in [0.29, 0.717) is 0 Å². The Morgan fingerprint density at radius 2 is 1.85 bits per heavy atom. The minimum Gasteiger partial charge on any atom is -0.456 e. The van der Waals surface area contributed by atoms with Crippen molar-refractivity contribution in [1.29, 1.82) is 0 Å². The molecule has 0 bridgehead atoms. The van der Waals surface area contributed by atoms with Crippen LogP contribution in [-0.4, -0.2) is 28.4 Å². The lowest BCUT2D eigenvalue weighted by molar-refractivity contribution is -0.158. The zero-order chi connectivity index (χ0) is 15.0. The highest BCUT2D eigenvalue weighted by molar-refractivity contribution is 8.01. The number of hydrogen-bond donors (Lipinski definition) is 0. The fraction of sp³-hybridized carbons (Fsp3) is 0.467. The van der Waals surface area contributed by atoms with Gasteiger partial charge in [-0.25, -0.2) is 0 Å². The number of hydrogen-bond acceptors (Lipinski definition) is 5. The molecule has 0 spiro atoms. The number of benzene rings is 1. The summed E-state index contributed by atoms with van der Waals surface area (Å²) in [4.78, 5) is 24.5. The summed E-state index contributed by atoms with van der Waals surface area (Å²) in [6.07, 6.45) is -0.634. The van der Waals surface area contributed by atoms with Crippen LogP contribution in [0.5, 0.6) is 0 Å². The standard InChI is InChI=1S/C15H18O4S/c1-10(16)18-12-14(2,3)19-13(17)15(12,4)20-11-8-6-5-7-9-11/h5-9,12H,1-4H3/t12-,15+/m0/s1. The lowest BCUT2D eigenvalue weighted by Gasteiger charge is -2.31. The fourth-order valence-corrected chi connectivity index (χ4v) is 3.76. The van der Waals surface area contributed by atoms with Crippen molar-refractivity contribution in [2.45, 2.75) is 49.0 Å². The van der Waals surface area contributed by atoms with Crippen LogP contribution in [-0.2, 0) is 19.1 Å². The SMILES string of the molecule is CC(=O)O[C@H]1C(C)(C)OC(=O)[C@]1(C)Sc1ccccc1. The summed E-state index contributed by atoms with van der Waals surface area (Å²) in [7, 11) is 0. The fourth-order valence-electron chi connectivity index (χ4n) is 2.41. The molecule has 2 atom stereocenters. The third-order valence-corrected chi connectivity index (χ3v) is 4.56. The summed E-state index contributed by atoms with van der Waals surface area (Å²) in [5.41, 5.74) is -0.834. The van der Waals surface area contributed by atoms with E-state index in [-0.39, 0.29) is 5.97 Å². The van der Waals surface area contributed by atoms with Gasteiger partial charge in [-0.15, -0.1) is 11.8 Å². The van der Waals surface area contributed by atoms with Gasteiger partial charge in [-0.3, -0.25) is 9.59 Å². The highest BCUT2D eigenvalue weighted by atomic mass is 32.2. The van der Waals surface area contributed by atoms with Gasteiger partial charge in [0, 0.05) is 11.8 Å². The minimum absolute atomic E-state index is 0.359. The average molecular weight is 294 g/mol. The monoisotopic (exact) mass is 294 g/mol. The summed E-state index contributed by atoms with van der Waals surface area (Å²) in [6.45, 7) is 6.62. The van der Waals surface area contributed by atoms with Crippen LogP contribution in [0.3, 0.4) is 0 Å². The number of ether oxygens (including phenoxy) is 2. The van der Waals surface area contributed by atoms with Gasteiger partial charge < -0.3 is 9.47 Å². The molecule has 0 amide bonds. The number of thioether (sulfide) groups is 1. The zero-order valence-corrected chi connectivity index (χ0v) is 12.8. The Bertz CT molecular complexity index is 526. The maximum absolute atomic E-state index is 12.3. The van der Waals surface area contributed by atoms with Gasteiger partial charge in [-0.1, -0.05) is 18.2 Å². The van der Waals surface area contributed by atoms with E-state index < -0.39 is 22.4 Å². The van der Waals surface area contributed by atoms with Crippen LogP contribution in [0.2, 0.25) is 0 Å². The van der Waals surface area contributed by atoms with E-state index in [1.807, 2.05) is 30.3 Å². The first-order valence-corrected chi connectivity index (χ1v) is 7.22. The maximum Gasteiger partial charge on any atom is 0.326 e. The summed E-state index contributed by atoms with van der Waals surface area (Å²) < 4.78 is 9.84. The number of esters is 2. The van der Waals surface area contributed by atoms with Crippen molar-refractivity contribution in [2.75, 3.05) is 0 Å². The lowest BCUT2D eigenvalue weighted by atomic mass is 9.94. The maximum atomic E-state index is 12.3. The molecular weight excluding hydrogens is 276 g/mol. The summed E-state index contributed by atoms with van der Waals surface area (Å²) in [5, 5.41) is 0. The Balaban J connectivity index is 2.34. The van der Waals surface area contributed by atoms with E-state index in [2.05, 4.69) is 0 Å². The van der Waals surface area contributed by atoms with Gasteiger partial charge in [-0.05, 0) is 32.9 Å². The van der Waals surface area contributed by atoms with Crippen LogP contribution < -0.4 is 0 Å². The molecule has 0 aliphatic carbocycles. The molecule has 1 aromatic carbocycles. The van der Waals surface area contributed by atoms with E-state index in [0.717, 1.165) is 4.90 Å². The van der Waals surface area contributed by atoms with Crippen molar-refractivity contribution in [3.63, 3.8) is 0 Å². The molecule has 20 heavy (non-hydrogen) atoms. The molecule has 0 aromatic heterocycles. The Kier molecular flexibility index (Phi) is 3.82. The quantitative estimate of drug-likeness (QED) is 0.802. The minimum atomic E-state index is -0.948. The van der Waals surface area contributed by atoms with Crippen LogP contribution in [0.15, 0.2) is 35.2 Å². The molecule has 1 heterocycles. The molecule has 1 aromatic rings. The van der Waals surface area contributed by atoms with Gasteiger partial charge in [0.25, 0.3) is 0 Å². The van der Waals surface area contributed by atoms with Gasteiger partial charge in [0.1, 0.15) is 5.60 Å². The van der Waals surface area contributed by atoms with Crippen LogP contribution in [0.25, 0.3) is 0 Å². The third kappa shape index (κ3) is 2.68. The van der Waals surface area contributed by atoms with Crippen molar-refractivity contribution < 1.29 is 19.1 Å². The van der Waals surface area contributed by atoms with Crippen LogP contribution >= 0.6 is 11.8 Å². The van der Waals surface area contributed by atoms with Crippen molar-refractivity contribution in [3.05, 3.63) is 30.3 Å². The van der Waals surface area contributed by atoms with Crippen molar-refractivity contribution >= 4 is 23.7 Å². The van der Waals surface area contributed by atoms with E-state index >= 15 is 0 Å². The molecule has 0 N–H and O–H groups in total. The number of carbonyl (C=O) groups excluding carboxylic acids is 2. The number of carbonyl (C=O) groups is 2. The first-order valence-electron chi connectivity index (χ1n) is 6.40. The van der Waals surface area contributed by atoms with Crippen molar-refractivity contribution in [3.8, 4) is 0 Å². The molecular formula is C15H18O4S. The predicted molar refractivity (Wildman–Crippen MR) is 76.4 cm³/mol. The van der Waals surface area contributed by atoms with Gasteiger partial charge >= 0.3 is 11.9 Å². The molecule has 4 nitrogen and oxygen atoms in total. The van der Waals surface area contributed by atoms with Gasteiger partial charge in [0.2, 0.25) is 0 Å². The molecule has 1 aliphatic heterocycles. The predicted octanol–water partition coefficient (Wildman–Crippen LogP) is 2.80. The number of cyclic esters (lactones) is 1. The average Bonchev–Trinajstić information content (AvgIpc) is 2.50. The topological polar surface area (TPSA) is 52.6 Å². The normalized spacial score (nSPS) is 28.0. The van der Waals surface area contributed by atoms with Crippen molar-refractivity contribution in [2.24, 2.45) is 0 Å². The Morgan fingerprint density at radius 3 is 2.40 bits per heavy atom. The molecule has 1 aliphatic rings. The van der Waals surface area contributed by atoms with E-state index in [1.54, 1.807) is 20.8 Å². The van der Waals surface area contributed by atoms with Crippen LogP contribution in [0.1, 0.15) is 27.7 Å². The molecule has 0 radical (unpaired) electrons. The molecule has 0 saturated carbocycles. The highest BCUT2D eigenvalue weighted by Crippen LogP contribution is 2.47. The Hall–Kier alpha value is -1.49. The zero-order valence-electron chi connectivity index (χ0n) is 12.0. The van der Waals surface area contributed by atoms with Gasteiger partial charge in [0.05, 0.1) is 0 Å². The van der Waals surface area contributed by atoms with Crippen LogP contribution in [0, 0.1) is 0 Å². The molecule has 2 rings (SSSR count). The molecule has 1 fully saturated rings. The van der Waals surface area contributed by atoms with Crippen LogP contribution in [0.4, 0.5) is 0 Å². The Morgan fingerprint density at radius 1 is 1.25 bits per heavy atom. The Labute approximate surface area is 122 Å². The second-order valence-corrected chi connectivity index (χ2v) is 7.03. The van der Waals surface area contributed by atoms with Gasteiger partial charge in [-0.2, -0.15) is 0 Å². The summed E-state index contributed by atoms with van der Waals surface area (Å²) >= 11 is 1.36. The molecule has 1 saturated heterocycles. The second kappa shape index (κ2) is 5.13. The molecule has 0 unspecified atom stereocenters. The highest BCUT2D eigenvalue weighted by Gasteiger charge is 2.61. The third-order valence-electron chi connectivity index (χ3n) is 3.25. The largest absolute Gasteiger partial charge is 0.456 e. The van der Waals surface area contributed by atoms with Crippen molar-refractivity contribution in [1.82, 2.24) is 0 Å². The first kappa shape index (κ1) is 14.9. The summed E-state index contributed by atoms with van der Waals surface area (Å²) in [5.74, 6) is -0.774. The van der Waals surface area contributed by atoms with E-state index in [4.69, 9.17) is 9.47 Å². The number of rotatable bonds is 3. The lowest BCUT2D eigenvalue weighted by Crippen LogP contribution is -2.47. The van der Waals surface area contributed by atoms with Gasteiger partial charge in [0.15, 0.2) is 10.9 Å². The first-order chi connectivity index (χ1) is 9.25. The molecule has 5 heteroatoms. The van der Waals surface area contributed by atoms with E-state index in [1.165, 1.54) is 18.7 Å². The van der Waals surface area contributed by atoms with E-state index in [9.17, 15) is 9.59 Å². The molecule has 108 valence electrons. The summed E-state index contributed by atoms with van der Waals surface area (Å²) in [6, 6.07) is 9.54.